The lowest BCUT2D eigenvalue weighted by Crippen LogP contribution is -2.24. The number of rotatable bonds is 7. The molecule has 0 aliphatic carbocycles. The predicted octanol–water partition coefficient (Wildman–Crippen LogP) is 5.58. The predicted molar refractivity (Wildman–Crippen MR) is 142 cm³/mol. The summed E-state index contributed by atoms with van der Waals surface area (Å²) >= 11 is 0. The van der Waals surface area contributed by atoms with Crippen LogP contribution in [-0.4, -0.2) is 25.3 Å². The van der Waals surface area contributed by atoms with Crippen LogP contribution in [-0.2, 0) is 12.8 Å². The van der Waals surface area contributed by atoms with Gasteiger partial charge in [0.2, 0.25) is 0 Å². The van der Waals surface area contributed by atoms with Gasteiger partial charge in [0.15, 0.2) is 11.6 Å². The summed E-state index contributed by atoms with van der Waals surface area (Å²) in [6, 6.07) is 26.0. The number of hydrogen-bond donors (Lipinski definition) is 1. The molecule has 0 bridgehead atoms. The minimum Gasteiger partial charge on any atom is -0.362 e. The van der Waals surface area contributed by atoms with Gasteiger partial charge in [-0.05, 0) is 37.1 Å². The molecule has 6 rings (SSSR count). The summed E-state index contributed by atoms with van der Waals surface area (Å²) in [6.07, 6.45) is 2.93. The SMILES string of the molecule is CC1=C(c2nc(Cc3ccccc3)no2)C(c2ccccn2)C(c2nc(Cc3ccccc3)no2)=C(C)N1. The second-order valence-corrected chi connectivity index (χ2v) is 9.25. The van der Waals surface area contributed by atoms with Crippen molar-refractivity contribution in [3.8, 4) is 0 Å². The van der Waals surface area contributed by atoms with Crippen LogP contribution in [0.3, 0.4) is 0 Å². The van der Waals surface area contributed by atoms with Crippen molar-refractivity contribution in [1.82, 2.24) is 30.6 Å². The second-order valence-electron chi connectivity index (χ2n) is 9.25. The standard InChI is InChI=1S/C30H26N6O2/c1-19-26(29-33-24(35-37-29)17-21-11-5-3-6-12-21)28(23-15-9-10-16-31-23)27(20(2)32-19)30-34-25(36-38-30)18-22-13-7-4-8-14-22/h3-16,28,32H,17-18H2,1-2H3. The Morgan fingerprint density at radius 3 is 1.63 bits per heavy atom. The molecule has 0 saturated heterocycles. The van der Waals surface area contributed by atoms with Crippen LogP contribution in [0.1, 0.15) is 60.0 Å². The Labute approximate surface area is 220 Å². The van der Waals surface area contributed by atoms with E-state index in [1.807, 2.05) is 92.7 Å². The van der Waals surface area contributed by atoms with E-state index in [1.54, 1.807) is 6.20 Å². The van der Waals surface area contributed by atoms with Gasteiger partial charge in [-0.3, -0.25) is 4.98 Å². The van der Waals surface area contributed by atoms with E-state index in [2.05, 4.69) is 15.6 Å². The van der Waals surface area contributed by atoms with Crippen LogP contribution in [0.25, 0.3) is 11.1 Å². The molecule has 0 saturated carbocycles. The third kappa shape index (κ3) is 4.76. The number of pyridine rings is 1. The highest BCUT2D eigenvalue weighted by Crippen LogP contribution is 2.46. The maximum absolute atomic E-state index is 5.83. The molecule has 0 radical (unpaired) electrons. The van der Waals surface area contributed by atoms with Crippen molar-refractivity contribution in [3.63, 3.8) is 0 Å². The van der Waals surface area contributed by atoms with E-state index in [1.165, 1.54) is 0 Å². The average molecular weight is 503 g/mol. The molecule has 8 nitrogen and oxygen atoms in total. The molecule has 1 N–H and O–H groups in total. The highest BCUT2D eigenvalue weighted by Gasteiger charge is 2.37. The molecule has 2 aromatic carbocycles. The molecule has 1 aliphatic rings. The number of nitrogens with zero attached hydrogens (tertiary/aromatic N) is 5. The van der Waals surface area contributed by atoms with E-state index >= 15 is 0 Å². The van der Waals surface area contributed by atoms with Crippen molar-refractivity contribution in [1.29, 1.82) is 0 Å². The third-order valence-corrected chi connectivity index (χ3v) is 6.55. The maximum Gasteiger partial charge on any atom is 0.256 e. The molecular formula is C30H26N6O2. The maximum atomic E-state index is 5.83. The normalized spacial score (nSPS) is 14.2. The summed E-state index contributed by atoms with van der Waals surface area (Å²) < 4.78 is 11.7. The molecule has 0 spiro atoms. The topological polar surface area (TPSA) is 103 Å². The van der Waals surface area contributed by atoms with Gasteiger partial charge in [0, 0.05) is 30.4 Å². The molecule has 5 aromatic rings. The van der Waals surface area contributed by atoms with Gasteiger partial charge < -0.3 is 14.4 Å². The van der Waals surface area contributed by atoms with E-state index in [9.17, 15) is 0 Å². The van der Waals surface area contributed by atoms with Crippen LogP contribution >= 0.6 is 0 Å². The zero-order valence-electron chi connectivity index (χ0n) is 21.1. The van der Waals surface area contributed by atoms with E-state index in [0.29, 0.717) is 36.3 Å². The quantitative estimate of drug-likeness (QED) is 0.308. The number of aromatic nitrogens is 5. The molecule has 0 amide bonds. The minimum absolute atomic E-state index is 0.340. The van der Waals surface area contributed by atoms with Gasteiger partial charge in [-0.15, -0.1) is 0 Å². The molecular weight excluding hydrogens is 476 g/mol. The van der Waals surface area contributed by atoms with E-state index in [4.69, 9.17) is 24.0 Å². The summed E-state index contributed by atoms with van der Waals surface area (Å²) in [5.74, 6) is 1.76. The van der Waals surface area contributed by atoms with E-state index in [0.717, 1.165) is 39.4 Å². The fraction of sp³-hybridized carbons (Fsp3) is 0.167. The molecule has 38 heavy (non-hydrogen) atoms. The lowest BCUT2D eigenvalue weighted by Gasteiger charge is -2.28. The van der Waals surface area contributed by atoms with Crippen molar-refractivity contribution < 1.29 is 9.05 Å². The van der Waals surface area contributed by atoms with Gasteiger partial charge in [0.05, 0.1) is 22.8 Å². The van der Waals surface area contributed by atoms with Crippen LogP contribution in [0, 0.1) is 0 Å². The van der Waals surface area contributed by atoms with Crippen LogP contribution in [0.5, 0.6) is 0 Å². The van der Waals surface area contributed by atoms with Crippen LogP contribution in [0.4, 0.5) is 0 Å². The molecule has 0 unspecified atom stereocenters. The van der Waals surface area contributed by atoms with Gasteiger partial charge >= 0.3 is 0 Å². The van der Waals surface area contributed by atoms with E-state index < -0.39 is 0 Å². The van der Waals surface area contributed by atoms with Crippen molar-refractivity contribution >= 4 is 11.1 Å². The second kappa shape index (κ2) is 10.3. The molecule has 3 aromatic heterocycles. The first-order chi connectivity index (χ1) is 18.7. The summed E-state index contributed by atoms with van der Waals surface area (Å²) in [7, 11) is 0. The first kappa shape index (κ1) is 23.5. The largest absolute Gasteiger partial charge is 0.362 e. The number of dihydropyridines is 1. The highest BCUT2D eigenvalue weighted by molar-refractivity contribution is 5.87. The fourth-order valence-corrected chi connectivity index (χ4v) is 4.83. The summed E-state index contributed by atoms with van der Waals surface area (Å²) in [6.45, 7) is 4.00. The number of allylic oxidation sites excluding steroid dienone is 4. The Balaban J connectivity index is 1.38. The molecule has 8 heteroatoms. The number of hydrogen-bond acceptors (Lipinski definition) is 8. The minimum atomic E-state index is -0.340. The van der Waals surface area contributed by atoms with Gasteiger partial charge in [-0.2, -0.15) is 9.97 Å². The Bertz CT molecular complexity index is 1500. The lowest BCUT2D eigenvalue weighted by atomic mass is 9.82. The summed E-state index contributed by atoms with van der Waals surface area (Å²) in [5.41, 5.74) is 6.52. The summed E-state index contributed by atoms with van der Waals surface area (Å²) in [5, 5.41) is 12.0. The van der Waals surface area contributed by atoms with Gasteiger partial charge in [0.1, 0.15) is 0 Å². The van der Waals surface area contributed by atoms with Crippen molar-refractivity contribution in [2.75, 3.05) is 0 Å². The Kier molecular flexibility index (Phi) is 6.35. The first-order valence-corrected chi connectivity index (χ1v) is 12.5. The Morgan fingerprint density at radius 2 is 1.16 bits per heavy atom. The number of nitrogens with one attached hydrogen (secondary N) is 1. The Hall–Kier alpha value is -4.85. The Morgan fingerprint density at radius 1 is 0.658 bits per heavy atom. The zero-order valence-corrected chi connectivity index (χ0v) is 21.1. The third-order valence-electron chi connectivity index (χ3n) is 6.55. The van der Waals surface area contributed by atoms with E-state index in [-0.39, 0.29) is 5.92 Å². The van der Waals surface area contributed by atoms with Crippen LogP contribution in [0.15, 0.2) is 105 Å². The van der Waals surface area contributed by atoms with Crippen molar-refractivity contribution in [2.45, 2.75) is 32.6 Å². The fourth-order valence-electron chi connectivity index (χ4n) is 4.83. The molecule has 0 fully saturated rings. The molecule has 1 aliphatic heterocycles. The van der Waals surface area contributed by atoms with Crippen molar-refractivity contribution in [3.05, 3.63) is 137 Å². The average Bonchev–Trinajstić information content (AvgIpc) is 3.59. The molecule has 4 heterocycles. The summed E-state index contributed by atoms with van der Waals surface area (Å²) in [4.78, 5) is 14.2. The highest BCUT2D eigenvalue weighted by atomic mass is 16.5. The van der Waals surface area contributed by atoms with Gasteiger partial charge in [-0.25, -0.2) is 0 Å². The smallest absolute Gasteiger partial charge is 0.256 e. The van der Waals surface area contributed by atoms with Gasteiger partial charge in [0.25, 0.3) is 11.8 Å². The first-order valence-electron chi connectivity index (χ1n) is 12.5. The van der Waals surface area contributed by atoms with Crippen LogP contribution < -0.4 is 5.32 Å². The van der Waals surface area contributed by atoms with Gasteiger partial charge in [-0.1, -0.05) is 77.0 Å². The number of benzene rings is 2. The van der Waals surface area contributed by atoms with Crippen molar-refractivity contribution in [2.24, 2.45) is 0 Å². The lowest BCUT2D eigenvalue weighted by molar-refractivity contribution is 0.394. The zero-order chi connectivity index (χ0) is 25.9. The van der Waals surface area contributed by atoms with Crippen LogP contribution in [0.2, 0.25) is 0 Å². The molecule has 188 valence electrons. The monoisotopic (exact) mass is 502 g/mol. The molecule has 0 atom stereocenters.